The van der Waals surface area contributed by atoms with E-state index in [1.54, 1.807) is 30.5 Å². The number of carbonyl (C=O) groups is 1. The highest BCUT2D eigenvalue weighted by molar-refractivity contribution is 7.90. The van der Waals surface area contributed by atoms with Crippen molar-refractivity contribution in [2.75, 3.05) is 11.1 Å². The number of thiazole rings is 1. The van der Waals surface area contributed by atoms with Crippen LogP contribution in [0.15, 0.2) is 38.8 Å². The van der Waals surface area contributed by atoms with E-state index >= 15 is 0 Å². The zero-order valence-corrected chi connectivity index (χ0v) is 14.9. The summed E-state index contributed by atoms with van der Waals surface area (Å²) >= 11 is 1.31. The van der Waals surface area contributed by atoms with Gasteiger partial charge in [0, 0.05) is 17.9 Å². The van der Waals surface area contributed by atoms with E-state index < -0.39 is 15.7 Å². The van der Waals surface area contributed by atoms with Gasteiger partial charge in [0.15, 0.2) is 26.4 Å². The molecule has 3 rings (SSSR count). The van der Waals surface area contributed by atoms with E-state index in [0.717, 1.165) is 0 Å². The lowest BCUT2D eigenvalue weighted by Gasteiger charge is -2.03. The van der Waals surface area contributed by atoms with Crippen LogP contribution in [0, 0.1) is 6.92 Å². The van der Waals surface area contributed by atoms with Crippen molar-refractivity contribution in [3.05, 3.63) is 41.3 Å². The summed E-state index contributed by atoms with van der Waals surface area (Å²) in [6.45, 7) is 1.69. The lowest BCUT2D eigenvalue weighted by Crippen LogP contribution is -2.18. The van der Waals surface area contributed by atoms with Crippen molar-refractivity contribution in [3.8, 4) is 10.8 Å². The molecule has 0 spiro atoms. The Hall–Kier alpha value is -2.46. The first-order valence-electron chi connectivity index (χ1n) is 7.33. The van der Waals surface area contributed by atoms with E-state index in [0.29, 0.717) is 22.2 Å². The molecule has 1 amide bonds. The SMILES string of the molecule is Cc1cc(NC(=O)CCS(=O)(=O)Cc2csc(-c3ccco3)n2)no1. The number of hydrogen-bond acceptors (Lipinski definition) is 8. The number of aryl methyl sites for hydroxylation is 1. The Labute approximate surface area is 147 Å². The molecule has 0 atom stereocenters. The van der Waals surface area contributed by atoms with Crippen molar-refractivity contribution in [3.63, 3.8) is 0 Å². The molecular formula is C15H15N3O5S2. The van der Waals surface area contributed by atoms with Crippen LogP contribution in [0.2, 0.25) is 0 Å². The molecule has 0 aliphatic heterocycles. The first-order chi connectivity index (χ1) is 11.9. The Morgan fingerprint density at radius 2 is 2.24 bits per heavy atom. The predicted octanol–water partition coefficient (Wildman–Crippen LogP) is 2.64. The smallest absolute Gasteiger partial charge is 0.226 e. The van der Waals surface area contributed by atoms with E-state index in [-0.39, 0.29) is 23.7 Å². The molecule has 0 saturated heterocycles. The van der Waals surface area contributed by atoms with Crippen molar-refractivity contribution < 1.29 is 22.2 Å². The molecule has 0 aliphatic carbocycles. The van der Waals surface area contributed by atoms with Crippen LogP contribution >= 0.6 is 11.3 Å². The largest absolute Gasteiger partial charge is 0.462 e. The van der Waals surface area contributed by atoms with E-state index in [1.807, 2.05) is 0 Å². The lowest BCUT2D eigenvalue weighted by molar-refractivity contribution is -0.115. The van der Waals surface area contributed by atoms with Gasteiger partial charge in [-0.15, -0.1) is 11.3 Å². The van der Waals surface area contributed by atoms with Crippen LogP contribution in [-0.4, -0.2) is 30.2 Å². The Kier molecular flexibility index (Phi) is 5.00. The molecule has 0 fully saturated rings. The molecule has 3 heterocycles. The molecular weight excluding hydrogens is 366 g/mol. The molecule has 8 nitrogen and oxygen atoms in total. The summed E-state index contributed by atoms with van der Waals surface area (Å²) in [6.07, 6.45) is 1.37. The maximum Gasteiger partial charge on any atom is 0.226 e. The molecule has 25 heavy (non-hydrogen) atoms. The van der Waals surface area contributed by atoms with Gasteiger partial charge in [0.05, 0.1) is 23.5 Å². The van der Waals surface area contributed by atoms with Crippen LogP contribution in [0.3, 0.4) is 0 Å². The van der Waals surface area contributed by atoms with E-state index in [9.17, 15) is 13.2 Å². The molecule has 0 unspecified atom stereocenters. The minimum Gasteiger partial charge on any atom is -0.462 e. The summed E-state index contributed by atoms with van der Waals surface area (Å²) in [5, 5.41) is 8.40. The first-order valence-corrected chi connectivity index (χ1v) is 10.0. The van der Waals surface area contributed by atoms with Gasteiger partial charge >= 0.3 is 0 Å². The molecule has 0 radical (unpaired) electrons. The van der Waals surface area contributed by atoms with Crippen molar-refractivity contribution in [1.29, 1.82) is 0 Å². The number of hydrogen-bond donors (Lipinski definition) is 1. The second kappa shape index (κ2) is 7.19. The predicted molar refractivity (Wildman–Crippen MR) is 91.8 cm³/mol. The van der Waals surface area contributed by atoms with Crippen LogP contribution in [-0.2, 0) is 20.4 Å². The average Bonchev–Trinajstić information content (AvgIpc) is 3.27. The quantitative estimate of drug-likeness (QED) is 0.669. The second-order valence-corrected chi connectivity index (χ2v) is 8.38. The fourth-order valence-electron chi connectivity index (χ4n) is 2.06. The maximum atomic E-state index is 12.2. The summed E-state index contributed by atoms with van der Waals surface area (Å²) in [5.41, 5.74) is 0.434. The maximum absolute atomic E-state index is 12.2. The number of carbonyl (C=O) groups excluding carboxylic acids is 1. The molecule has 0 aliphatic rings. The standard InChI is InChI=1S/C15H15N3O5S2/c1-10-7-13(18-23-10)17-14(19)4-6-25(20,21)9-11-8-24-15(16-11)12-3-2-5-22-12/h2-3,5,7-8H,4,6,9H2,1H3,(H,17,18,19). The zero-order valence-electron chi connectivity index (χ0n) is 13.3. The molecule has 0 aromatic carbocycles. The van der Waals surface area contributed by atoms with Gasteiger partial charge in [0.2, 0.25) is 5.91 Å². The molecule has 10 heteroatoms. The van der Waals surface area contributed by atoms with E-state index in [2.05, 4.69) is 15.5 Å². The Morgan fingerprint density at radius 3 is 2.92 bits per heavy atom. The average molecular weight is 381 g/mol. The van der Waals surface area contributed by atoms with Crippen LogP contribution in [0.5, 0.6) is 0 Å². The summed E-state index contributed by atoms with van der Waals surface area (Å²) in [5.74, 6) is 0.479. The molecule has 3 aromatic rings. The summed E-state index contributed by atoms with van der Waals surface area (Å²) < 4.78 is 34.4. The van der Waals surface area contributed by atoms with Crippen LogP contribution in [0.4, 0.5) is 5.82 Å². The normalized spacial score (nSPS) is 11.6. The van der Waals surface area contributed by atoms with Gasteiger partial charge in [0.1, 0.15) is 5.76 Å². The van der Waals surface area contributed by atoms with Gasteiger partial charge < -0.3 is 14.3 Å². The summed E-state index contributed by atoms with van der Waals surface area (Å²) in [7, 11) is -3.46. The highest BCUT2D eigenvalue weighted by Crippen LogP contribution is 2.24. The minimum atomic E-state index is -3.46. The van der Waals surface area contributed by atoms with Gasteiger partial charge in [-0.25, -0.2) is 13.4 Å². The number of anilines is 1. The number of furan rings is 1. The van der Waals surface area contributed by atoms with Gasteiger partial charge in [-0.05, 0) is 19.1 Å². The van der Waals surface area contributed by atoms with E-state index in [4.69, 9.17) is 8.94 Å². The first kappa shape index (κ1) is 17.4. The topological polar surface area (TPSA) is 115 Å². The number of nitrogens with one attached hydrogen (secondary N) is 1. The Morgan fingerprint density at radius 1 is 1.40 bits per heavy atom. The molecule has 0 saturated carbocycles. The van der Waals surface area contributed by atoms with Crippen LogP contribution < -0.4 is 5.32 Å². The molecule has 0 bridgehead atoms. The fraction of sp³-hybridized carbons (Fsp3) is 0.267. The van der Waals surface area contributed by atoms with Crippen molar-refractivity contribution >= 4 is 32.9 Å². The Bertz CT molecular complexity index is 957. The third-order valence-electron chi connectivity index (χ3n) is 3.19. The third-order valence-corrected chi connectivity index (χ3v) is 5.65. The van der Waals surface area contributed by atoms with Crippen molar-refractivity contribution in [1.82, 2.24) is 10.1 Å². The number of aromatic nitrogens is 2. The van der Waals surface area contributed by atoms with Crippen LogP contribution in [0.1, 0.15) is 17.9 Å². The van der Waals surface area contributed by atoms with Crippen LogP contribution in [0.25, 0.3) is 10.8 Å². The Balaban J connectivity index is 1.54. The highest BCUT2D eigenvalue weighted by Gasteiger charge is 2.18. The van der Waals surface area contributed by atoms with Gasteiger partial charge in [-0.3, -0.25) is 4.79 Å². The number of nitrogens with zero attached hydrogens (tertiary/aromatic N) is 2. The summed E-state index contributed by atoms with van der Waals surface area (Å²) in [6, 6.07) is 5.05. The number of rotatable bonds is 7. The van der Waals surface area contributed by atoms with Gasteiger partial charge in [-0.1, -0.05) is 5.16 Å². The summed E-state index contributed by atoms with van der Waals surface area (Å²) in [4.78, 5) is 16.1. The molecule has 3 aromatic heterocycles. The fourth-order valence-corrected chi connectivity index (χ4v) is 4.19. The van der Waals surface area contributed by atoms with Crippen molar-refractivity contribution in [2.45, 2.75) is 19.1 Å². The van der Waals surface area contributed by atoms with Crippen molar-refractivity contribution in [2.24, 2.45) is 0 Å². The number of amides is 1. The monoisotopic (exact) mass is 381 g/mol. The number of sulfone groups is 1. The highest BCUT2D eigenvalue weighted by atomic mass is 32.2. The van der Waals surface area contributed by atoms with Gasteiger partial charge in [0.25, 0.3) is 0 Å². The second-order valence-electron chi connectivity index (χ2n) is 5.33. The lowest BCUT2D eigenvalue weighted by atomic mass is 10.4. The third kappa shape index (κ3) is 4.77. The minimum absolute atomic E-state index is 0.163. The zero-order chi connectivity index (χ0) is 17.9. The molecule has 132 valence electrons. The molecule has 1 N–H and O–H groups in total. The van der Waals surface area contributed by atoms with Gasteiger partial charge in [-0.2, -0.15) is 0 Å². The van der Waals surface area contributed by atoms with E-state index in [1.165, 1.54) is 17.6 Å².